The van der Waals surface area contributed by atoms with E-state index in [9.17, 15) is 9.59 Å². The van der Waals surface area contributed by atoms with Gasteiger partial charge in [-0.2, -0.15) is 0 Å². The summed E-state index contributed by atoms with van der Waals surface area (Å²) in [5.74, 6) is -1.05. The van der Waals surface area contributed by atoms with Crippen molar-refractivity contribution < 1.29 is 19.2 Å². The highest BCUT2D eigenvalue weighted by Crippen LogP contribution is 2.40. The van der Waals surface area contributed by atoms with Crippen LogP contribution in [0.3, 0.4) is 0 Å². The van der Waals surface area contributed by atoms with Gasteiger partial charge in [-0.3, -0.25) is 4.79 Å². The maximum absolute atomic E-state index is 12.2. The van der Waals surface area contributed by atoms with E-state index in [2.05, 4.69) is 10.5 Å². The first-order chi connectivity index (χ1) is 10.1. The maximum Gasteiger partial charge on any atom is 0.336 e. The van der Waals surface area contributed by atoms with E-state index in [1.165, 1.54) is 12.3 Å². The number of anilines is 1. The van der Waals surface area contributed by atoms with E-state index in [1.807, 2.05) is 0 Å². The number of amides is 1. The SMILES string of the molecule is Cc1ccc(NC(=O)c2conc2C2CC2)cc1C(=O)O. The molecule has 3 rings (SSSR count). The predicted molar refractivity (Wildman–Crippen MR) is 74.6 cm³/mol. The molecule has 1 aromatic carbocycles. The predicted octanol–water partition coefficient (Wildman–Crippen LogP) is 2.81. The van der Waals surface area contributed by atoms with Crippen LogP contribution in [0.15, 0.2) is 29.0 Å². The summed E-state index contributed by atoms with van der Waals surface area (Å²) in [6.07, 6.45) is 3.36. The van der Waals surface area contributed by atoms with Crippen LogP contribution in [0, 0.1) is 6.92 Å². The number of benzene rings is 1. The Labute approximate surface area is 120 Å². The number of carboxylic acids is 1. The fourth-order valence-electron chi connectivity index (χ4n) is 2.20. The fraction of sp³-hybridized carbons (Fsp3) is 0.267. The summed E-state index contributed by atoms with van der Waals surface area (Å²) >= 11 is 0. The molecule has 0 unspecified atom stereocenters. The number of carbonyl (C=O) groups is 2. The average molecular weight is 286 g/mol. The van der Waals surface area contributed by atoms with Crippen LogP contribution >= 0.6 is 0 Å². The van der Waals surface area contributed by atoms with Crippen molar-refractivity contribution in [1.29, 1.82) is 0 Å². The average Bonchev–Trinajstić information content (AvgIpc) is 3.17. The molecule has 1 aromatic heterocycles. The minimum atomic E-state index is -1.02. The fourth-order valence-corrected chi connectivity index (χ4v) is 2.20. The quantitative estimate of drug-likeness (QED) is 0.901. The van der Waals surface area contributed by atoms with Gasteiger partial charge >= 0.3 is 5.97 Å². The van der Waals surface area contributed by atoms with Crippen molar-refractivity contribution >= 4 is 17.6 Å². The Kier molecular flexibility index (Phi) is 3.21. The highest BCUT2D eigenvalue weighted by molar-refractivity contribution is 6.05. The molecule has 108 valence electrons. The van der Waals surface area contributed by atoms with Crippen LogP contribution in [0.4, 0.5) is 5.69 Å². The molecule has 1 amide bonds. The van der Waals surface area contributed by atoms with Crippen molar-refractivity contribution in [3.63, 3.8) is 0 Å². The van der Waals surface area contributed by atoms with Crippen molar-refractivity contribution in [3.8, 4) is 0 Å². The van der Waals surface area contributed by atoms with Gasteiger partial charge in [-0.15, -0.1) is 0 Å². The minimum absolute atomic E-state index is 0.167. The van der Waals surface area contributed by atoms with Crippen LogP contribution < -0.4 is 5.32 Å². The number of nitrogens with one attached hydrogen (secondary N) is 1. The molecule has 0 aliphatic heterocycles. The molecular weight excluding hydrogens is 272 g/mol. The third-order valence-corrected chi connectivity index (χ3v) is 3.53. The van der Waals surface area contributed by atoms with E-state index >= 15 is 0 Å². The van der Waals surface area contributed by atoms with Crippen molar-refractivity contribution in [2.45, 2.75) is 25.7 Å². The van der Waals surface area contributed by atoms with Crippen LogP contribution in [-0.2, 0) is 0 Å². The van der Waals surface area contributed by atoms with Gasteiger partial charge in [0.15, 0.2) is 0 Å². The highest BCUT2D eigenvalue weighted by Gasteiger charge is 2.31. The topological polar surface area (TPSA) is 92.4 Å². The second kappa shape index (κ2) is 5.05. The second-order valence-electron chi connectivity index (χ2n) is 5.18. The Morgan fingerprint density at radius 3 is 2.76 bits per heavy atom. The Hall–Kier alpha value is -2.63. The zero-order valence-electron chi connectivity index (χ0n) is 11.4. The number of carboxylic acid groups (broad SMARTS) is 1. The molecule has 1 fully saturated rings. The highest BCUT2D eigenvalue weighted by atomic mass is 16.5. The van der Waals surface area contributed by atoms with Gasteiger partial charge in [0.25, 0.3) is 5.91 Å². The Bertz CT molecular complexity index is 716. The van der Waals surface area contributed by atoms with Gasteiger partial charge in [0, 0.05) is 11.6 Å². The van der Waals surface area contributed by atoms with E-state index in [0.29, 0.717) is 28.4 Å². The molecule has 0 spiro atoms. The van der Waals surface area contributed by atoms with Crippen molar-refractivity contribution in [2.75, 3.05) is 5.32 Å². The first-order valence-electron chi connectivity index (χ1n) is 6.66. The number of nitrogens with zero attached hydrogens (tertiary/aromatic N) is 1. The second-order valence-corrected chi connectivity index (χ2v) is 5.18. The van der Waals surface area contributed by atoms with Crippen LogP contribution in [-0.4, -0.2) is 22.1 Å². The minimum Gasteiger partial charge on any atom is -0.478 e. The number of rotatable bonds is 4. The van der Waals surface area contributed by atoms with Crippen LogP contribution in [0.5, 0.6) is 0 Å². The van der Waals surface area contributed by atoms with Crippen LogP contribution in [0.25, 0.3) is 0 Å². The largest absolute Gasteiger partial charge is 0.478 e. The Morgan fingerprint density at radius 1 is 1.33 bits per heavy atom. The van der Waals surface area contributed by atoms with Gasteiger partial charge in [0.2, 0.25) is 0 Å². The van der Waals surface area contributed by atoms with Gasteiger partial charge in [-0.25, -0.2) is 4.79 Å². The molecule has 6 heteroatoms. The number of hydrogen-bond donors (Lipinski definition) is 2. The lowest BCUT2D eigenvalue weighted by molar-refractivity contribution is 0.0695. The summed E-state index contributed by atoms with van der Waals surface area (Å²) in [6.45, 7) is 1.71. The lowest BCUT2D eigenvalue weighted by Crippen LogP contribution is -2.13. The summed E-state index contributed by atoms with van der Waals surface area (Å²) in [5, 5.41) is 15.7. The van der Waals surface area contributed by atoms with Crippen molar-refractivity contribution in [1.82, 2.24) is 5.16 Å². The summed E-state index contributed by atoms with van der Waals surface area (Å²) < 4.78 is 4.88. The Morgan fingerprint density at radius 2 is 2.10 bits per heavy atom. The van der Waals surface area contributed by atoms with Crippen LogP contribution in [0.2, 0.25) is 0 Å². The van der Waals surface area contributed by atoms with E-state index in [4.69, 9.17) is 9.63 Å². The van der Waals surface area contributed by atoms with Gasteiger partial charge in [0.05, 0.1) is 11.3 Å². The number of aromatic nitrogens is 1. The molecular formula is C15H14N2O4. The van der Waals surface area contributed by atoms with Gasteiger partial charge in [-0.05, 0) is 37.5 Å². The first kappa shape index (κ1) is 13.4. The summed E-state index contributed by atoms with van der Waals surface area (Å²) in [7, 11) is 0. The molecule has 6 nitrogen and oxygen atoms in total. The standard InChI is InChI=1S/C15H14N2O4/c1-8-2-5-10(6-11(8)15(19)20)16-14(18)12-7-21-17-13(12)9-3-4-9/h2,5-7,9H,3-4H2,1H3,(H,16,18)(H,19,20). The number of aromatic carboxylic acids is 1. The zero-order valence-corrected chi connectivity index (χ0v) is 11.4. The lowest BCUT2D eigenvalue weighted by atomic mass is 10.1. The van der Waals surface area contributed by atoms with E-state index < -0.39 is 5.97 Å². The summed E-state index contributed by atoms with van der Waals surface area (Å²) in [5.41, 5.74) is 2.34. The first-order valence-corrected chi connectivity index (χ1v) is 6.66. The molecule has 0 radical (unpaired) electrons. The molecule has 0 atom stereocenters. The Balaban J connectivity index is 1.83. The molecule has 1 saturated carbocycles. The van der Waals surface area contributed by atoms with Gasteiger partial charge in [0.1, 0.15) is 11.8 Å². The number of carbonyl (C=O) groups excluding carboxylic acids is 1. The smallest absolute Gasteiger partial charge is 0.336 e. The summed E-state index contributed by atoms with van der Waals surface area (Å²) in [6, 6.07) is 4.78. The van der Waals surface area contributed by atoms with Crippen molar-refractivity contribution in [2.24, 2.45) is 0 Å². The lowest BCUT2D eigenvalue weighted by Gasteiger charge is -2.07. The van der Waals surface area contributed by atoms with E-state index in [-0.39, 0.29) is 11.5 Å². The van der Waals surface area contributed by atoms with E-state index in [1.54, 1.807) is 19.1 Å². The van der Waals surface area contributed by atoms with Gasteiger partial charge < -0.3 is 14.9 Å². The monoisotopic (exact) mass is 286 g/mol. The third-order valence-electron chi connectivity index (χ3n) is 3.53. The molecule has 2 aromatic rings. The normalized spacial score (nSPS) is 14.0. The maximum atomic E-state index is 12.2. The van der Waals surface area contributed by atoms with Crippen LogP contribution in [0.1, 0.15) is 50.7 Å². The summed E-state index contributed by atoms with van der Waals surface area (Å²) in [4.78, 5) is 23.3. The molecule has 0 saturated heterocycles. The molecule has 21 heavy (non-hydrogen) atoms. The number of aryl methyl sites for hydroxylation is 1. The van der Waals surface area contributed by atoms with Crippen molar-refractivity contribution in [3.05, 3.63) is 46.8 Å². The zero-order chi connectivity index (χ0) is 15.0. The molecule has 1 aliphatic rings. The molecule has 2 N–H and O–H groups in total. The molecule has 1 aliphatic carbocycles. The molecule has 1 heterocycles. The van der Waals surface area contributed by atoms with E-state index in [0.717, 1.165) is 12.8 Å². The molecule has 0 bridgehead atoms. The third kappa shape index (κ3) is 2.65. The number of hydrogen-bond acceptors (Lipinski definition) is 4. The van der Waals surface area contributed by atoms with Gasteiger partial charge in [-0.1, -0.05) is 11.2 Å².